The summed E-state index contributed by atoms with van der Waals surface area (Å²) in [4.78, 5) is 2.70. The van der Waals surface area contributed by atoms with Crippen LogP contribution >= 0.6 is 0 Å². The van der Waals surface area contributed by atoms with E-state index in [-0.39, 0.29) is 0 Å². The van der Waals surface area contributed by atoms with Gasteiger partial charge < -0.3 is 4.90 Å². The summed E-state index contributed by atoms with van der Waals surface area (Å²) < 4.78 is 0. The monoisotopic (exact) mass is 253 g/mol. The second kappa shape index (κ2) is 8.19. The van der Waals surface area contributed by atoms with Crippen LogP contribution in [0.3, 0.4) is 0 Å². The van der Waals surface area contributed by atoms with Crippen molar-refractivity contribution in [2.75, 3.05) is 19.6 Å². The normalized spacial score (nSPS) is 20.7. The van der Waals surface area contributed by atoms with E-state index >= 15 is 0 Å². The fourth-order valence-corrected chi connectivity index (χ4v) is 3.59. The van der Waals surface area contributed by atoms with Crippen molar-refractivity contribution in [2.45, 2.75) is 79.1 Å². The number of hydrogen-bond donors (Lipinski definition) is 0. The van der Waals surface area contributed by atoms with Crippen molar-refractivity contribution in [3.05, 3.63) is 0 Å². The Hall–Kier alpha value is -0.0400. The van der Waals surface area contributed by atoms with Crippen LogP contribution in [0.2, 0.25) is 0 Å². The van der Waals surface area contributed by atoms with Gasteiger partial charge in [0.2, 0.25) is 0 Å². The molecule has 1 fully saturated rings. The maximum absolute atomic E-state index is 2.70. The fraction of sp³-hybridized carbons (Fsp3) is 1.00. The van der Waals surface area contributed by atoms with E-state index in [1.54, 1.807) is 0 Å². The Kier molecular flexibility index (Phi) is 7.29. The molecule has 1 heteroatoms. The minimum atomic E-state index is 0.549. The summed E-state index contributed by atoms with van der Waals surface area (Å²) in [6, 6.07) is 0. The fourth-order valence-electron chi connectivity index (χ4n) is 3.59. The van der Waals surface area contributed by atoms with Gasteiger partial charge in [-0.1, -0.05) is 47.0 Å². The lowest BCUT2D eigenvalue weighted by Gasteiger charge is -2.29. The van der Waals surface area contributed by atoms with E-state index in [4.69, 9.17) is 0 Å². The zero-order chi connectivity index (χ0) is 13.4. The van der Waals surface area contributed by atoms with Gasteiger partial charge in [-0.2, -0.15) is 0 Å². The molecular formula is C17H35N. The number of likely N-dealkylation sites (tertiary alicyclic amines) is 1. The third-order valence-corrected chi connectivity index (χ3v) is 4.46. The summed E-state index contributed by atoms with van der Waals surface area (Å²) in [5, 5.41) is 0. The maximum atomic E-state index is 2.70. The molecule has 18 heavy (non-hydrogen) atoms. The van der Waals surface area contributed by atoms with Crippen molar-refractivity contribution in [3.63, 3.8) is 0 Å². The summed E-state index contributed by atoms with van der Waals surface area (Å²) in [5.74, 6) is 0.884. The van der Waals surface area contributed by atoms with Gasteiger partial charge in [-0.25, -0.2) is 0 Å². The van der Waals surface area contributed by atoms with Crippen LogP contribution in [0, 0.1) is 11.3 Å². The van der Waals surface area contributed by atoms with E-state index < -0.39 is 0 Å². The van der Waals surface area contributed by atoms with Crippen LogP contribution in [0.4, 0.5) is 0 Å². The summed E-state index contributed by atoms with van der Waals surface area (Å²) in [6.45, 7) is 13.7. The highest BCUT2D eigenvalue weighted by molar-refractivity contribution is 4.73. The van der Waals surface area contributed by atoms with Crippen molar-refractivity contribution >= 4 is 0 Å². The van der Waals surface area contributed by atoms with Crippen LogP contribution in [0.25, 0.3) is 0 Å². The lowest BCUT2D eigenvalue weighted by Crippen LogP contribution is -2.27. The Balaban J connectivity index is 2.21. The largest absolute Gasteiger partial charge is 0.303 e. The first-order valence-corrected chi connectivity index (χ1v) is 8.26. The predicted octanol–water partition coefficient (Wildman–Crippen LogP) is 5.11. The van der Waals surface area contributed by atoms with Crippen LogP contribution in [-0.2, 0) is 0 Å². The average molecular weight is 253 g/mol. The minimum absolute atomic E-state index is 0.549. The highest BCUT2D eigenvalue weighted by Crippen LogP contribution is 2.31. The Bertz CT molecular complexity index is 202. The smallest absolute Gasteiger partial charge is 0.00162 e. The standard InChI is InChI=1S/C17H35N/c1-5-11-17(3,4)15-16(2)10-14-18-12-8-6-7-9-13-18/h16H,5-15H2,1-4H3. The molecule has 1 heterocycles. The zero-order valence-corrected chi connectivity index (χ0v) is 13.3. The molecule has 1 atom stereocenters. The van der Waals surface area contributed by atoms with E-state index in [0.717, 1.165) is 5.92 Å². The summed E-state index contributed by atoms with van der Waals surface area (Å²) in [5.41, 5.74) is 0.549. The SMILES string of the molecule is CCCC(C)(C)CC(C)CCN1CCCCCC1. The molecular weight excluding hydrogens is 218 g/mol. The molecule has 0 N–H and O–H groups in total. The Morgan fingerprint density at radius 1 is 1.06 bits per heavy atom. The minimum Gasteiger partial charge on any atom is -0.303 e. The first-order chi connectivity index (χ1) is 8.53. The highest BCUT2D eigenvalue weighted by Gasteiger charge is 2.20. The maximum Gasteiger partial charge on any atom is -0.00162 e. The van der Waals surface area contributed by atoms with Crippen LogP contribution in [0.1, 0.15) is 79.1 Å². The molecule has 0 aromatic carbocycles. The molecule has 0 aromatic rings. The molecule has 0 bridgehead atoms. The van der Waals surface area contributed by atoms with Crippen molar-refractivity contribution in [1.29, 1.82) is 0 Å². The molecule has 0 spiro atoms. The van der Waals surface area contributed by atoms with Gasteiger partial charge in [0.1, 0.15) is 0 Å². The molecule has 1 aliphatic rings. The molecule has 1 nitrogen and oxygen atoms in total. The number of nitrogens with zero attached hydrogens (tertiary/aromatic N) is 1. The number of hydrogen-bond acceptors (Lipinski definition) is 1. The molecule has 1 saturated heterocycles. The van der Waals surface area contributed by atoms with Gasteiger partial charge >= 0.3 is 0 Å². The molecule has 108 valence electrons. The van der Waals surface area contributed by atoms with Gasteiger partial charge in [-0.3, -0.25) is 0 Å². The third-order valence-electron chi connectivity index (χ3n) is 4.46. The molecule has 0 aromatic heterocycles. The predicted molar refractivity (Wildman–Crippen MR) is 82.0 cm³/mol. The molecule has 1 aliphatic heterocycles. The first kappa shape index (κ1) is 16.0. The van der Waals surface area contributed by atoms with Gasteiger partial charge in [0, 0.05) is 0 Å². The zero-order valence-electron chi connectivity index (χ0n) is 13.3. The van der Waals surface area contributed by atoms with Crippen molar-refractivity contribution in [2.24, 2.45) is 11.3 Å². The summed E-state index contributed by atoms with van der Waals surface area (Å²) in [6.07, 6.45) is 11.3. The van der Waals surface area contributed by atoms with Gasteiger partial charge in [-0.15, -0.1) is 0 Å². The van der Waals surface area contributed by atoms with Crippen LogP contribution in [-0.4, -0.2) is 24.5 Å². The van der Waals surface area contributed by atoms with Crippen LogP contribution < -0.4 is 0 Å². The molecule has 0 amide bonds. The van der Waals surface area contributed by atoms with Gasteiger partial charge in [-0.05, 0) is 63.1 Å². The second-order valence-corrected chi connectivity index (χ2v) is 7.27. The van der Waals surface area contributed by atoms with Gasteiger partial charge in [0.05, 0.1) is 0 Å². The molecule has 1 unspecified atom stereocenters. The van der Waals surface area contributed by atoms with Crippen LogP contribution in [0.5, 0.6) is 0 Å². The highest BCUT2D eigenvalue weighted by atomic mass is 15.1. The van der Waals surface area contributed by atoms with Crippen molar-refractivity contribution < 1.29 is 0 Å². The van der Waals surface area contributed by atoms with E-state index in [1.807, 2.05) is 0 Å². The third kappa shape index (κ3) is 6.78. The van der Waals surface area contributed by atoms with Gasteiger partial charge in [0.15, 0.2) is 0 Å². The first-order valence-electron chi connectivity index (χ1n) is 8.26. The lowest BCUT2D eigenvalue weighted by molar-refractivity contribution is 0.214. The molecule has 1 rings (SSSR count). The van der Waals surface area contributed by atoms with Crippen LogP contribution in [0.15, 0.2) is 0 Å². The average Bonchev–Trinajstić information content (AvgIpc) is 2.53. The molecule has 0 radical (unpaired) electrons. The Labute approximate surface area is 115 Å². The molecule has 0 saturated carbocycles. The quantitative estimate of drug-likeness (QED) is 0.610. The Morgan fingerprint density at radius 3 is 2.22 bits per heavy atom. The number of rotatable bonds is 7. The topological polar surface area (TPSA) is 3.24 Å². The Morgan fingerprint density at radius 2 is 1.67 bits per heavy atom. The lowest BCUT2D eigenvalue weighted by atomic mass is 9.79. The van der Waals surface area contributed by atoms with E-state index in [1.165, 1.54) is 71.0 Å². The van der Waals surface area contributed by atoms with Gasteiger partial charge in [0.25, 0.3) is 0 Å². The van der Waals surface area contributed by atoms with E-state index in [9.17, 15) is 0 Å². The van der Waals surface area contributed by atoms with E-state index in [0.29, 0.717) is 5.41 Å². The summed E-state index contributed by atoms with van der Waals surface area (Å²) in [7, 11) is 0. The summed E-state index contributed by atoms with van der Waals surface area (Å²) >= 11 is 0. The van der Waals surface area contributed by atoms with E-state index in [2.05, 4.69) is 32.6 Å². The van der Waals surface area contributed by atoms with Crippen molar-refractivity contribution in [1.82, 2.24) is 4.90 Å². The molecule has 0 aliphatic carbocycles. The second-order valence-electron chi connectivity index (χ2n) is 7.27. The van der Waals surface area contributed by atoms with Crippen molar-refractivity contribution in [3.8, 4) is 0 Å².